The predicted molar refractivity (Wildman–Crippen MR) is 134 cm³/mol. The number of likely N-dealkylation sites (tertiary alicyclic amines) is 1. The van der Waals surface area contributed by atoms with E-state index < -0.39 is 12.0 Å². The molecule has 3 aliphatic rings. The first kappa shape index (κ1) is 25.2. The largest absolute Gasteiger partial charge is 0.426 e. The number of benzene rings is 1. The van der Waals surface area contributed by atoms with Crippen LogP contribution in [0.4, 0.5) is 0 Å². The van der Waals surface area contributed by atoms with Gasteiger partial charge in [-0.3, -0.25) is 14.4 Å². The number of ether oxygens (including phenoxy) is 1. The summed E-state index contributed by atoms with van der Waals surface area (Å²) in [5.41, 5.74) is 2.54. The average molecular weight is 480 g/mol. The Bertz CT molecular complexity index is 963. The molecule has 4 rings (SSSR count). The van der Waals surface area contributed by atoms with E-state index in [1.807, 2.05) is 23.1 Å². The molecular formula is C28H37N3O4. The van der Waals surface area contributed by atoms with Gasteiger partial charge in [-0.15, -0.1) is 6.42 Å². The lowest BCUT2D eigenvalue weighted by atomic mass is 9.92. The number of amides is 2. The third kappa shape index (κ3) is 7.08. The minimum Gasteiger partial charge on any atom is -0.426 e. The Morgan fingerprint density at radius 1 is 1.14 bits per heavy atom. The summed E-state index contributed by atoms with van der Waals surface area (Å²) in [7, 11) is 0. The van der Waals surface area contributed by atoms with E-state index in [1.165, 1.54) is 11.1 Å². The quantitative estimate of drug-likeness (QED) is 0.340. The molecule has 0 spiro atoms. The highest BCUT2D eigenvalue weighted by Crippen LogP contribution is 2.26. The first-order chi connectivity index (χ1) is 17.0. The molecule has 0 bridgehead atoms. The Morgan fingerprint density at radius 3 is 2.74 bits per heavy atom. The molecule has 1 unspecified atom stereocenters. The lowest BCUT2D eigenvalue weighted by molar-refractivity contribution is -0.136. The van der Waals surface area contributed by atoms with E-state index in [2.05, 4.69) is 16.6 Å². The van der Waals surface area contributed by atoms with E-state index in [1.54, 1.807) is 0 Å². The van der Waals surface area contributed by atoms with Gasteiger partial charge in [-0.2, -0.15) is 0 Å². The minimum atomic E-state index is -0.740. The van der Waals surface area contributed by atoms with Crippen molar-refractivity contribution in [2.45, 2.75) is 70.3 Å². The maximum Gasteiger partial charge on any atom is 0.314 e. The van der Waals surface area contributed by atoms with Gasteiger partial charge in [0.1, 0.15) is 11.8 Å². The van der Waals surface area contributed by atoms with Crippen molar-refractivity contribution >= 4 is 17.8 Å². The molecule has 2 N–H and O–H groups in total. The molecule has 35 heavy (non-hydrogen) atoms. The Hall–Kier alpha value is -2.85. The Labute approximate surface area is 208 Å². The molecule has 2 amide bonds. The number of esters is 1. The number of hydrogen-bond acceptors (Lipinski definition) is 5. The van der Waals surface area contributed by atoms with Gasteiger partial charge in [-0.25, -0.2) is 0 Å². The normalized spacial score (nSPS) is 21.0. The monoisotopic (exact) mass is 479 g/mol. The zero-order valence-corrected chi connectivity index (χ0v) is 20.5. The number of piperidine rings is 2. The van der Waals surface area contributed by atoms with E-state index in [9.17, 15) is 14.4 Å². The molecule has 7 heteroatoms. The highest BCUT2D eigenvalue weighted by atomic mass is 16.5. The van der Waals surface area contributed by atoms with Crippen LogP contribution >= 0.6 is 0 Å². The van der Waals surface area contributed by atoms with Crippen molar-refractivity contribution < 1.29 is 19.1 Å². The number of aryl methyl sites for hydroxylation is 2. The smallest absolute Gasteiger partial charge is 0.314 e. The summed E-state index contributed by atoms with van der Waals surface area (Å²) in [4.78, 5) is 39.9. The predicted octanol–water partition coefficient (Wildman–Crippen LogP) is 2.61. The number of carbonyl (C=O) groups is 3. The second-order valence-electron chi connectivity index (χ2n) is 10.1. The number of nitrogens with one attached hydrogen (secondary N) is 2. The molecule has 2 aliphatic heterocycles. The molecule has 0 aromatic heterocycles. The first-order valence-corrected chi connectivity index (χ1v) is 13.1. The van der Waals surface area contributed by atoms with Crippen LogP contribution in [0.15, 0.2) is 18.2 Å². The van der Waals surface area contributed by atoms with Crippen molar-refractivity contribution in [2.24, 2.45) is 11.8 Å². The number of terminal acetylenes is 1. The second kappa shape index (κ2) is 12.2. The van der Waals surface area contributed by atoms with Gasteiger partial charge in [0, 0.05) is 19.5 Å². The van der Waals surface area contributed by atoms with Gasteiger partial charge >= 0.3 is 5.97 Å². The second-order valence-corrected chi connectivity index (χ2v) is 10.1. The highest BCUT2D eigenvalue weighted by Gasteiger charge is 2.30. The van der Waals surface area contributed by atoms with E-state index >= 15 is 0 Å². The van der Waals surface area contributed by atoms with Gasteiger partial charge in [0.05, 0.1) is 12.3 Å². The summed E-state index contributed by atoms with van der Waals surface area (Å²) >= 11 is 0. The highest BCUT2D eigenvalue weighted by molar-refractivity contribution is 5.83. The van der Waals surface area contributed by atoms with Crippen molar-refractivity contribution in [2.75, 3.05) is 26.2 Å². The molecule has 1 aromatic carbocycles. The van der Waals surface area contributed by atoms with Crippen molar-refractivity contribution in [1.82, 2.24) is 15.5 Å². The van der Waals surface area contributed by atoms with Crippen molar-refractivity contribution in [3.63, 3.8) is 0 Å². The molecule has 0 radical (unpaired) electrons. The number of hydrogen-bond donors (Lipinski definition) is 2. The molecule has 2 heterocycles. The SMILES string of the molecule is C#CC(CC(=O)Oc1ccc2c(c1)CCC2)NC(=O)[C@@H]1CCCN(C(=O)CCC2CCNCC2)C1. The van der Waals surface area contributed by atoms with Crippen molar-refractivity contribution in [3.05, 3.63) is 29.3 Å². The van der Waals surface area contributed by atoms with Crippen molar-refractivity contribution in [3.8, 4) is 18.1 Å². The van der Waals surface area contributed by atoms with E-state index in [-0.39, 0.29) is 24.2 Å². The fraction of sp³-hybridized carbons (Fsp3) is 0.607. The van der Waals surface area contributed by atoms with Crippen LogP contribution in [0, 0.1) is 24.2 Å². The summed E-state index contributed by atoms with van der Waals surface area (Å²) in [5.74, 6) is 2.78. The van der Waals surface area contributed by atoms with Crippen LogP contribution in [-0.2, 0) is 27.2 Å². The summed E-state index contributed by atoms with van der Waals surface area (Å²) in [6.07, 6.45) is 13.9. The van der Waals surface area contributed by atoms with Crippen LogP contribution in [0.2, 0.25) is 0 Å². The molecule has 7 nitrogen and oxygen atoms in total. The van der Waals surface area contributed by atoms with Crippen LogP contribution < -0.4 is 15.4 Å². The molecule has 1 aromatic rings. The van der Waals surface area contributed by atoms with Crippen LogP contribution in [0.25, 0.3) is 0 Å². The van der Waals surface area contributed by atoms with Crippen LogP contribution in [0.3, 0.4) is 0 Å². The zero-order valence-electron chi connectivity index (χ0n) is 20.5. The van der Waals surface area contributed by atoms with E-state index in [0.717, 1.165) is 58.0 Å². The van der Waals surface area contributed by atoms with Crippen LogP contribution in [0.5, 0.6) is 5.75 Å². The van der Waals surface area contributed by atoms with Gasteiger partial charge < -0.3 is 20.3 Å². The standard InChI is InChI=1S/C28H37N3O4/c1-2-24(18-27(33)35-25-10-9-21-5-3-6-22(21)17-25)30-28(34)23-7-4-16-31(19-23)26(32)11-8-20-12-14-29-15-13-20/h1,9-10,17,20,23-24,29H,3-8,11-16,18-19H2,(H,30,34)/t23-,24?/m1/s1. The summed E-state index contributed by atoms with van der Waals surface area (Å²) in [6.45, 7) is 3.16. The van der Waals surface area contributed by atoms with Crippen molar-refractivity contribution in [1.29, 1.82) is 0 Å². The lowest BCUT2D eigenvalue weighted by Crippen LogP contribution is -2.48. The molecule has 2 fully saturated rings. The number of carbonyl (C=O) groups excluding carboxylic acids is 3. The fourth-order valence-corrected chi connectivity index (χ4v) is 5.47. The number of fused-ring (bicyclic) bond motifs is 1. The first-order valence-electron chi connectivity index (χ1n) is 13.1. The van der Waals surface area contributed by atoms with E-state index in [0.29, 0.717) is 37.6 Å². The van der Waals surface area contributed by atoms with Gasteiger partial charge in [-0.05, 0) is 93.6 Å². The summed E-state index contributed by atoms with van der Waals surface area (Å²) in [6, 6.07) is 5.00. The molecule has 0 saturated carbocycles. The number of rotatable bonds is 8. The summed E-state index contributed by atoms with van der Waals surface area (Å²) < 4.78 is 5.48. The number of nitrogens with zero attached hydrogens (tertiary/aromatic N) is 1. The van der Waals surface area contributed by atoms with Gasteiger partial charge in [-0.1, -0.05) is 12.0 Å². The molecule has 2 atom stereocenters. The van der Waals surface area contributed by atoms with Crippen LogP contribution in [0.1, 0.15) is 62.5 Å². The topological polar surface area (TPSA) is 87.7 Å². The molecule has 188 valence electrons. The maximum absolute atomic E-state index is 12.9. The lowest BCUT2D eigenvalue weighted by Gasteiger charge is -2.33. The van der Waals surface area contributed by atoms with Gasteiger partial charge in [0.15, 0.2) is 0 Å². The third-order valence-corrected chi connectivity index (χ3v) is 7.56. The molecule has 2 saturated heterocycles. The van der Waals surface area contributed by atoms with Crippen LogP contribution in [-0.4, -0.2) is 54.9 Å². The average Bonchev–Trinajstić information content (AvgIpc) is 3.35. The van der Waals surface area contributed by atoms with Gasteiger partial charge in [0.2, 0.25) is 11.8 Å². The minimum absolute atomic E-state index is 0.0923. The Balaban J connectivity index is 1.22. The maximum atomic E-state index is 12.9. The summed E-state index contributed by atoms with van der Waals surface area (Å²) in [5, 5.41) is 6.17. The zero-order chi connectivity index (χ0) is 24.6. The molecular weight excluding hydrogens is 442 g/mol. The Morgan fingerprint density at radius 2 is 1.94 bits per heavy atom. The van der Waals surface area contributed by atoms with Gasteiger partial charge in [0.25, 0.3) is 0 Å². The Kier molecular flexibility index (Phi) is 8.81. The molecule has 1 aliphatic carbocycles. The van der Waals surface area contributed by atoms with E-state index in [4.69, 9.17) is 11.2 Å². The fourth-order valence-electron chi connectivity index (χ4n) is 5.47. The third-order valence-electron chi connectivity index (χ3n) is 7.56.